The van der Waals surface area contributed by atoms with Crippen LogP contribution in [0.1, 0.15) is 38.1 Å². The first-order chi connectivity index (χ1) is 17.0. The van der Waals surface area contributed by atoms with Crippen LogP contribution >= 0.6 is 15.9 Å². The van der Waals surface area contributed by atoms with Crippen molar-refractivity contribution in [3.8, 4) is 5.75 Å². The molecule has 6 nitrogen and oxygen atoms in total. The number of halogens is 1. The molecule has 0 unspecified atom stereocenters. The monoisotopic (exact) mass is 557 g/mol. The third kappa shape index (κ3) is 9.11. The number of carbonyl (C=O) groups excluding carboxylic acids is 1. The molecule has 0 bridgehead atoms. The van der Waals surface area contributed by atoms with E-state index in [2.05, 4.69) is 77.8 Å². The second kappa shape index (κ2) is 15.0. The fraction of sp³-hybridized carbons (Fsp3) is 0.345. The maximum atomic E-state index is 11.4. The number of hydrogen-bond acceptors (Lipinski definition) is 5. The number of nitrogens with one attached hydrogen (secondary N) is 1. The molecule has 1 aliphatic heterocycles. The van der Waals surface area contributed by atoms with Crippen LogP contribution in [0.5, 0.6) is 5.75 Å². The Morgan fingerprint density at radius 2 is 1.75 bits per heavy atom. The van der Waals surface area contributed by atoms with Crippen molar-refractivity contribution in [2.75, 3.05) is 33.3 Å². The van der Waals surface area contributed by atoms with Crippen molar-refractivity contribution in [1.29, 1.82) is 0 Å². The zero-order valence-corrected chi connectivity index (χ0v) is 23.8. The molecular formula is C29H40BrN3O3. The van der Waals surface area contributed by atoms with Gasteiger partial charge in [0.2, 0.25) is 0 Å². The summed E-state index contributed by atoms with van der Waals surface area (Å²) in [5.41, 5.74) is 3.23. The molecule has 1 aliphatic rings. The van der Waals surface area contributed by atoms with Gasteiger partial charge in [-0.3, -0.25) is 4.79 Å². The van der Waals surface area contributed by atoms with E-state index in [4.69, 9.17) is 4.74 Å². The SMILES string of the molecule is C=C/C(=C\C(=C)O)C(=C)N1CCN(C=C)CC1.CC(C)C.COc1ccc(Br)c2[nH]cc(C(C)=O)c12. The second-order valence-corrected chi connectivity index (χ2v) is 9.79. The highest BCUT2D eigenvalue weighted by atomic mass is 79.9. The summed E-state index contributed by atoms with van der Waals surface area (Å²) in [7, 11) is 1.60. The zero-order valence-electron chi connectivity index (χ0n) is 22.2. The first kappa shape index (κ1) is 30.8. The maximum Gasteiger partial charge on any atom is 0.162 e. The number of fused-ring (bicyclic) bond motifs is 1. The number of ether oxygens (including phenoxy) is 1. The number of aromatic amines is 1. The van der Waals surface area contributed by atoms with Crippen LogP contribution in [0.15, 0.2) is 84.5 Å². The van der Waals surface area contributed by atoms with Gasteiger partial charge < -0.3 is 24.6 Å². The summed E-state index contributed by atoms with van der Waals surface area (Å²) in [6, 6.07) is 3.73. The lowest BCUT2D eigenvalue weighted by Crippen LogP contribution is -2.43. The van der Waals surface area contributed by atoms with E-state index in [1.807, 2.05) is 18.3 Å². The average molecular weight is 559 g/mol. The number of nitrogens with zero attached hydrogens (tertiary/aromatic N) is 2. The maximum absolute atomic E-state index is 11.4. The molecule has 3 rings (SSSR count). The predicted octanol–water partition coefficient (Wildman–Crippen LogP) is 7.25. The highest BCUT2D eigenvalue weighted by Crippen LogP contribution is 2.33. The average Bonchev–Trinajstić information content (AvgIpc) is 3.29. The number of H-pyrrole nitrogens is 1. The van der Waals surface area contributed by atoms with Crippen molar-refractivity contribution in [1.82, 2.24) is 14.8 Å². The number of benzene rings is 1. The largest absolute Gasteiger partial charge is 0.509 e. The molecule has 0 atom stereocenters. The predicted molar refractivity (Wildman–Crippen MR) is 156 cm³/mol. The van der Waals surface area contributed by atoms with Crippen molar-refractivity contribution in [2.24, 2.45) is 5.92 Å². The van der Waals surface area contributed by atoms with Gasteiger partial charge in [0.05, 0.1) is 18.0 Å². The van der Waals surface area contributed by atoms with Gasteiger partial charge in [-0.15, -0.1) is 0 Å². The minimum absolute atomic E-state index is 0.0192. The number of allylic oxidation sites excluding steroid dienone is 2. The number of hydrogen-bond donors (Lipinski definition) is 2. The van der Waals surface area contributed by atoms with Gasteiger partial charge in [0.25, 0.3) is 0 Å². The Morgan fingerprint density at radius 3 is 2.19 bits per heavy atom. The van der Waals surface area contributed by atoms with Crippen LogP contribution in [0.25, 0.3) is 10.9 Å². The van der Waals surface area contributed by atoms with Gasteiger partial charge in [-0.1, -0.05) is 53.2 Å². The number of rotatable bonds is 7. The van der Waals surface area contributed by atoms with E-state index in [0.717, 1.165) is 58.7 Å². The molecule has 36 heavy (non-hydrogen) atoms. The molecule has 0 aliphatic carbocycles. The number of methoxy groups -OCH3 is 1. The minimum Gasteiger partial charge on any atom is -0.509 e. The van der Waals surface area contributed by atoms with Gasteiger partial charge in [-0.25, -0.2) is 0 Å². The number of aliphatic hydroxyl groups is 1. The van der Waals surface area contributed by atoms with Gasteiger partial charge in [0.15, 0.2) is 5.78 Å². The van der Waals surface area contributed by atoms with E-state index in [-0.39, 0.29) is 11.5 Å². The summed E-state index contributed by atoms with van der Waals surface area (Å²) >= 11 is 3.42. The van der Waals surface area contributed by atoms with E-state index < -0.39 is 0 Å². The molecule has 2 aromatic rings. The van der Waals surface area contributed by atoms with E-state index in [9.17, 15) is 9.90 Å². The normalized spacial score (nSPS) is 13.2. The Morgan fingerprint density at radius 1 is 1.17 bits per heavy atom. The first-order valence-electron chi connectivity index (χ1n) is 11.8. The zero-order chi connectivity index (χ0) is 27.4. The van der Waals surface area contributed by atoms with E-state index in [1.54, 1.807) is 32.4 Å². The third-order valence-corrected chi connectivity index (χ3v) is 5.84. The van der Waals surface area contributed by atoms with Gasteiger partial charge >= 0.3 is 0 Å². The standard InChI is InChI=1S/C14H20N2O.C11H10BrNO2.C4H10/c1-5-14(11-12(3)17)13(4)16-9-7-15(6-2)8-10-16;1-6(14)7-5-13-11-8(12)3-4-9(15-2)10(7)11;1-4(2)3/h5-6,11,17H,1-4,7-10H2;3-5,13H,1-2H3;4H,1-3H3/b14-11+;;. The first-order valence-corrected chi connectivity index (χ1v) is 12.6. The second-order valence-electron chi connectivity index (χ2n) is 8.94. The fourth-order valence-corrected chi connectivity index (χ4v) is 3.87. The van der Waals surface area contributed by atoms with Crippen molar-refractivity contribution < 1.29 is 14.6 Å². The van der Waals surface area contributed by atoms with Crippen molar-refractivity contribution in [3.05, 3.63) is 90.1 Å². The van der Waals surface area contributed by atoms with Crippen LogP contribution in [-0.2, 0) is 0 Å². The van der Waals surface area contributed by atoms with Crippen LogP contribution in [-0.4, -0.2) is 59.0 Å². The summed E-state index contributed by atoms with van der Waals surface area (Å²) < 4.78 is 6.16. The Bertz CT molecular complexity index is 1100. The quantitative estimate of drug-likeness (QED) is 0.213. The lowest BCUT2D eigenvalue weighted by molar-refractivity contribution is 0.101. The summed E-state index contributed by atoms with van der Waals surface area (Å²) in [5, 5.41) is 10.0. The minimum atomic E-state index is 0.0192. The Labute approximate surface area is 224 Å². The van der Waals surface area contributed by atoms with Gasteiger partial charge in [0, 0.05) is 53.7 Å². The fourth-order valence-electron chi connectivity index (χ4n) is 3.43. The van der Waals surface area contributed by atoms with Crippen LogP contribution in [0.3, 0.4) is 0 Å². The smallest absolute Gasteiger partial charge is 0.162 e. The number of aliphatic hydroxyl groups excluding tert-OH is 1. The Balaban J connectivity index is 0.000000315. The van der Waals surface area contributed by atoms with Crippen LogP contribution < -0.4 is 4.74 Å². The number of piperazine rings is 1. The molecule has 0 radical (unpaired) electrons. The molecule has 2 heterocycles. The lowest BCUT2D eigenvalue weighted by atomic mass is 10.1. The van der Waals surface area contributed by atoms with Crippen LogP contribution in [0.2, 0.25) is 0 Å². The van der Waals surface area contributed by atoms with Gasteiger partial charge in [-0.2, -0.15) is 0 Å². The molecular weight excluding hydrogens is 518 g/mol. The molecule has 1 saturated heterocycles. The highest BCUT2D eigenvalue weighted by Gasteiger charge is 2.17. The summed E-state index contributed by atoms with van der Waals surface area (Å²) in [6.45, 7) is 26.7. The molecule has 196 valence electrons. The van der Waals surface area contributed by atoms with Crippen molar-refractivity contribution in [3.63, 3.8) is 0 Å². The van der Waals surface area contributed by atoms with E-state index >= 15 is 0 Å². The van der Waals surface area contributed by atoms with Crippen LogP contribution in [0, 0.1) is 5.92 Å². The van der Waals surface area contributed by atoms with Crippen molar-refractivity contribution in [2.45, 2.75) is 27.7 Å². The molecule has 0 spiro atoms. The molecule has 7 heteroatoms. The molecule has 1 aromatic carbocycles. The highest BCUT2D eigenvalue weighted by molar-refractivity contribution is 9.10. The van der Waals surface area contributed by atoms with Gasteiger partial charge in [0.1, 0.15) is 11.5 Å². The summed E-state index contributed by atoms with van der Waals surface area (Å²) in [4.78, 5) is 18.8. The van der Waals surface area contributed by atoms with E-state index in [0.29, 0.717) is 11.3 Å². The summed E-state index contributed by atoms with van der Waals surface area (Å²) in [6.07, 6.45) is 6.83. The van der Waals surface area contributed by atoms with Crippen LogP contribution in [0.4, 0.5) is 0 Å². The third-order valence-electron chi connectivity index (χ3n) is 5.18. The number of aromatic nitrogens is 1. The molecule has 1 aromatic heterocycles. The molecule has 0 saturated carbocycles. The van der Waals surface area contributed by atoms with Gasteiger partial charge in [-0.05, 0) is 53.2 Å². The molecule has 2 N–H and O–H groups in total. The Kier molecular flexibility index (Phi) is 12.9. The number of Topliss-reactive ketones (excluding diaryl/α,β-unsaturated/α-hetero) is 1. The Hall–Kier alpha value is -3.19. The summed E-state index contributed by atoms with van der Waals surface area (Å²) in [5.74, 6) is 1.59. The molecule has 0 amide bonds. The lowest BCUT2D eigenvalue weighted by Gasteiger charge is -2.36. The van der Waals surface area contributed by atoms with E-state index in [1.165, 1.54) is 0 Å². The topological polar surface area (TPSA) is 68.8 Å². The number of ketones is 1. The van der Waals surface area contributed by atoms with Crippen molar-refractivity contribution >= 4 is 32.6 Å². The molecule has 1 fully saturated rings. The number of carbonyl (C=O) groups is 1.